The summed E-state index contributed by atoms with van der Waals surface area (Å²) in [5, 5.41) is 17.8. The first-order valence-electron chi connectivity index (χ1n) is 4.41. The fourth-order valence-corrected chi connectivity index (χ4v) is 1.10. The van der Waals surface area contributed by atoms with Gasteiger partial charge in [0.05, 0.1) is 6.61 Å². The van der Waals surface area contributed by atoms with Crippen molar-refractivity contribution < 1.29 is 24.2 Å². The zero-order valence-corrected chi connectivity index (χ0v) is 8.17. The van der Waals surface area contributed by atoms with Crippen LogP contribution in [0.4, 0.5) is 4.39 Å². The fourth-order valence-electron chi connectivity index (χ4n) is 1.10. The molecule has 0 aromatic heterocycles. The molecule has 0 bridgehead atoms. The van der Waals surface area contributed by atoms with Gasteiger partial charge >= 0.3 is 5.71 Å². The number of nitrogens with zero attached hydrogens (tertiary/aromatic N) is 2. The average Bonchev–Trinajstić information content (AvgIpc) is 2.30. The normalized spacial score (nSPS) is 11.7. The van der Waals surface area contributed by atoms with Gasteiger partial charge in [0.25, 0.3) is 5.78 Å². The lowest BCUT2D eigenvalue weighted by Gasteiger charge is -2.01. The summed E-state index contributed by atoms with van der Waals surface area (Å²) in [5.41, 5.74) is 8.00. The van der Waals surface area contributed by atoms with Crippen LogP contribution in [-0.2, 0) is 0 Å². The summed E-state index contributed by atoms with van der Waals surface area (Å²) < 4.78 is 12.6. The highest BCUT2D eigenvalue weighted by molar-refractivity contribution is 6.45. The molecule has 2 N–H and O–H groups in total. The molecule has 0 saturated carbocycles. The smallest absolute Gasteiger partial charge is 0.369 e. The number of hydrogen-bond donors (Lipinski definition) is 2. The molecule has 1 atom stereocenters. The quantitative estimate of drug-likeness (QED) is 0.327. The first-order chi connectivity index (χ1) is 7.60. The highest BCUT2D eigenvalue weighted by Crippen LogP contribution is 2.05. The number of benzene rings is 1. The van der Waals surface area contributed by atoms with Crippen LogP contribution in [0.5, 0.6) is 0 Å². The highest BCUT2D eigenvalue weighted by atomic mass is 19.1. The summed E-state index contributed by atoms with van der Waals surface area (Å²) in [6, 6.07) is 4.50. The van der Waals surface area contributed by atoms with E-state index in [2.05, 4.69) is 4.79 Å². The monoisotopic (exact) mass is 224 g/mol. The molecule has 0 amide bonds. The lowest BCUT2D eigenvalue weighted by molar-refractivity contribution is -0.0256. The number of halogens is 1. The number of Topliss-reactive ketones (excluding diaryl/α,β-unsaturated/α-hetero) is 1. The first kappa shape index (κ1) is 12.2. The first-order valence-corrected chi connectivity index (χ1v) is 4.41. The largest absolute Gasteiger partial charge is 0.393 e. The summed E-state index contributed by atoms with van der Waals surface area (Å²) >= 11 is 0. The van der Waals surface area contributed by atoms with Crippen LogP contribution in [0.2, 0.25) is 0 Å². The van der Waals surface area contributed by atoms with E-state index in [0.717, 1.165) is 12.1 Å². The van der Waals surface area contributed by atoms with Gasteiger partial charge in [-0.1, -0.05) is 0 Å². The Hall–Kier alpha value is -1.88. The summed E-state index contributed by atoms with van der Waals surface area (Å²) in [5.74, 6) is -1.29. The molecule has 0 fully saturated rings. The number of carbonyl (C=O) groups is 1. The molecule has 0 heterocycles. The Bertz CT molecular complexity index is 438. The minimum absolute atomic E-state index is 0.0571. The van der Waals surface area contributed by atoms with Crippen molar-refractivity contribution in [3.8, 4) is 0 Å². The fraction of sp³-hybridized carbons (Fsp3) is 0.200. The highest BCUT2D eigenvalue weighted by Gasteiger charge is 2.29. The van der Waals surface area contributed by atoms with Crippen molar-refractivity contribution in [2.45, 2.75) is 6.10 Å². The number of ketones is 1. The van der Waals surface area contributed by atoms with Gasteiger partial charge in [-0.2, -0.15) is 4.79 Å². The third kappa shape index (κ3) is 2.58. The van der Waals surface area contributed by atoms with Crippen LogP contribution in [0, 0.1) is 5.82 Å². The maximum absolute atomic E-state index is 12.6. The van der Waals surface area contributed by atoms with Gasteiger partial charge in [0.2, 0.25) is 0 Å². The van der Waals surface area contributed by atoms with E-state index in [1.807, 2.05) is 0 Å². The van der Waals surface area contributed by atoms with Gasteiger partial charge in [0.15, 0.2) is 6.10 Å². The van der Waals surface area contributed by atoms with Crippen LogP contribution in [0.15, 0.2) is 24.3 Å². The topological polar surface area (TPSA) is 93.9 Å². The van der Waals surface area contributed by atoms with Gasteiger partial charge in [-0.25, -0.2) is 4.39 Å². The predicted octanol–water partition coefficient (Wildman–Crippen LogP) is 0.0324. The molecule has 84 valence electrons. The van der Waals surface area contributed by atoms with E-state index in [1.54, 1.807) is 0 Å². The van der Waals surface area contributed by atoms with Crippen molar-refractivity contribution in [2.24, 2.45) is 0 Å². The Kier molecular flexibility index (Phi) is 4.02. The Balaban J connectivity index is 3.01. The molecule has 1 aromatic rings. The molecule has 1 aromatic carbocycles. The molecule has 1 unspecified atom stereocenters. The third-order valence-corrected chi connectivity index (χ3v) is 1.94. The van der Waals surface area contributed by atoms with Gasteiger partial charge in [-0.15, -0.1) is 0 Å². The zero-order chi connectivity index (χ0) is 12.1. The minimum atomic E-state index is -1.57. The SMILES string of the molecule is [N-]=[N+]=C(C(=O)c1ccc(F)cc1)C(O)CO. The number of hydrogen-bond acceptors (Lipinski definition) is 3. The summed E-state index contributed by atoms with van der Waals surface area (Å²) in [4.78, 5) is 14.2. The zero-order valence-electron chi connectivity index (χ0n) is 8.17. The van der Waals surface area contributed by atoms with E-state index in [0.29, 0.717) is 0 Å². The molecule has 16 heavy (non-hydrogen) atoms. The van der Waals surface area contributed by atoms with E-state index in [9.17, 15) is 9.18 Å². The van der Waals surface area contributed by atoms with Crippen LogP contribution >= 0.6 is 0 Å². The van der Waals surface area contributed by atoms with Gasteiger partial charge in [0.1, 0.15) is 5.82 Å². The molecule has 0 spiro atoms. The molecule has 0 aliphatic carbocycles. The van der Waals surface area contributed by atoms with Crippen molar-refractivity contribution in [3.05, 3.63) is 41.2 Å². The van der Waals surface area contributed by atoms with E-state index in [-0.39, 0.29) is 5.56 Å². The van der Waals surface area contributed by atoms with Crippen molar-refractivity contribution in [2.75, 3.05) is 6.61 Å². The van der Waals surface area contributed by atoms with Crippen molar-refractivity contribution >= 4 is 11.5 Å². The van der Waals surface area contributed by atoms with Gasteiger partial charge < -0.3 is 15.7 Å². The van der Waals surface area contributed by atoms with Crippen LogP contribution in [0.1, 0.15) is 10.4 Å². The molecule has 1 rings (SSSR count). The molecule has 0 radical (unpaired) electrons. The number of aliphatic hydroxyl groups excluding tert-OH is 2. The Labute approximate surface area is 90.4 Å². The maximum Gasteiger partial charge on any atom is 0.369 e. The standard InChI is InChI=1S/C10H9FN2O3/c11-7-3-1-6(2-4-7)10(16)9(13-12)8(15)5-14/h1-4,8,14-15H,5H2. The molecular formula is C10H9FN2O3. The number of rotatable bonds is 4. The van der Waals surface area contributed by atoms with E-state index in [1.165, 1.54) is 12.1 Å². The Morgan fingerprint density at radius 3 is 2.44 bits per heavy atom. The lowest BCUT2D eigenvalue weighted by Crippen LogP contribution is -2.32. The van der Waals surface area contributed by atoms with E-state index < -0.39 is 30.0 Å². The molecule has 0 aliphatic rings. The van der Waals surface area contributed by atoms with Crippen molar-refractivity contribution in [1.29, 1.82) is 0 Å². The second-order valence-electron chi connectivity index (χ2n) is 3.02. The average molecular weight is 224 g/mol. The summed E-state index contributed by atoms with van der Waals surface area (Å²) in [7, 11) is 0. The van der Waals surface area contributed by atoms with E-state index >= 15 is 0 Å². The van der Waals surface area contributed by atoms with E-state index in [4.69, 9.17) is 15.7 Å². The Morgan fingerprint density at radius 1 is 1.44 bits per heavy atom. The molecule has 5 nitrogen and oxygen atoms in total. The maximum atomic E-state index is 12.6. The van der Waals surface area contributed by atoms with Crippen LogP contribution < -0.4 is 0 Å². The lowest BCUT2D eigenvalue weighted by atomic mass is 10.0. The van der Waals surface area contributed by atoms with Crippen LogP contribution in [0.25, 0.3) is 5.53 Å². The van der Waals surface area contributed by atoms with Gasteiger partial charge in [-0.3, -0.25) is 4.79 Å². The second-order valence-corrected chi connectivity index (χ2v) is 3.02. The van der Waals surface area contributed by atoms with Crippen LogP contribution in [0.3, 0.4) is 0 Å². The Morgan fingerprint density at radius 2 is 2.00 bits per heavy atom. The van der Waals surface area contributed by atoms with Gasteiger partial charge in [0, 0.05) is 5.56 Å². The van der Waals surface area contributed by atoms with Crippen molar-refractivity contribution in [1.82, 2.24) is 0 Å². The molecular weight excluding hydrogens is 215 g/mol. The second kappa shape index (κ2) is 5.27. The minimum Gasteiger partial charge on any atom is -0.393 e. The summed E-state index contributed by atoms with van der Waals surface area (Å²) in [6.45, 7) is -0.744. The predicted molar refractivity (Wildman–Crippen MR) is 52.4 cm³/mol. The number of carbonyl (C=O) groups excluding carboxylic acids is 1. The third-order valence-electron chi connectivity index (χ3n) is 1.94. The van der Waals surface area contributed by atoms with Crippen molar-refractivity contribution in [3.63, 3.8) is 0 Å². The molecule has 0 aliphatic heterocycles. The van der Waals surface area contributed by atoms with Crippen LogP contribution in [-0.4, -0.2) is 39.2 Å². The molecule has 6 heteroatoms. The van der Waals surface area contributed by atoms with Gasteiger partial charge in [-0.05, 0) is 24.3 Å². The molecule has 0 saturated heterocycles. The summed E-state index contributed by atoms with van der Waals surface area (Å²) in [6.07, 6.45) is -1.57. The number of aliphatic hydroxyl groups is 2.